The Balaban J connectivity index is 4.46. The van der Waals surface area contributed by atoms with Crippen LogP contribution in [0.25, 0.3) is 0 Å². The third-order valence-electron chi connectivity index (χ3n) is 3.72. The number of carbonyl (C=O) groups is 4. The van der Waals surface area contributed by atoms with Gasteiger partial charge in [0.15, 0.2) is 0 Å². The molecular formula is C20H37N3O6. The van der Waals surface area contributed by atoms with Crippen molar-refractivity contribution in [1.29, 1.82) is 0 Å². The van der Waals surface area contributed by atoms with Gasteiger partial charge in [-0.2, -0.15) is 0 Å². The van der Waals surface area contributed by atoms with Gasteiger partial charge in [-0.15, -0.1) is 0 Å². The van der Waals surface area contributed by atoms with Crippen molar-refractivity contribution in [3.8, 4) is 0 Å². The molecule has 0 saturated heterocycles. The van der Waals surface area contributed by atoms with Gasteiger partial charge in [-0.3, -0.25) is 14.4 Å². The minimum Gasteiger partial charge on any atom is -0.466 e. The average Bonchev–Trinajstić information content (AvgIpc) is 2.63. The first kappa shape index (κ1) is 26.7. The highest BCUT2D eigenvalue weighted by atomic mass is 16.6. The Morgan fingerprint density at radius 1 is 0.897 bits per heavy atom. The van der Waals surface area contributed by atoms with Gasteiger partial charge in [0.25, 0.3) is 0 Å². The molecule has 168 valence electrons. The molecule has 0 spiro atoms. The summed E-state index contributed by atoms with van der Waals surface area (Å²) < 4.78 is 10.0. The predicted octanol–water partition coefficient (Wildman–Crippen LogP) is 1.99. The number of hydrogen-bond donors (Lipinski definition) is 2. The van der Waals surface area contributed by atoms with Crippen molar-refractivity contribution < 1.29 is 28.7 Å². The van der Waals surface area contributed by atoms with Crippen molar-refractivity contribution in [3.05, 3.63) is 0 Å². The van der Waals surface area contributed by atoms with E-state index >= 15 is 0 Å². The monoisotopic (exact) mass is 415 g/mol. The maximum absolute atomic E-state index is 12.5. The van der Waals surface area contributed by atoms with Gasteiger partial charge < -0.3 is 25.0 Å². The number of hydrogen-bond acceptors (Lipinski definition) is 6. The fraction of sp³-hybridized carbons (Fsp3) is 0.800. The third-order valence-corrected chi connectivity index (χ3v) is 3.72. The number of amides is 3. The van der Waals surface area contributed by atoms with Crippen LogP contribution in [0.5, 0.6) is 0 Å². The molecule has 0 unspecified atom stereocenters. The van der Waals surface area contributed by atoms with E-state index in [1.165, 1.54) is 0 Å². The molecule has 0 aliphatic heterocycles. The summed E-state index contributed by atoms with van der Waals surface area (Å²) in [6, 6.07) is 0. The molecule has 9 heteroatoms. The maximum atomic E-state index is 12.5. The second-order valence-electron chi connectivity index (χ2n) is 7.53. The Kier molecular flexibility index (Phi) is 13.5. The van der Waals surface area contributed by atoms with Gasteiger partial charge in [-0.1, -0.05) is 6.92 Å². The first-order valence-electron chi connectivity index (χ1n) is 10.3. The van der Waals surface area contributed by atoms with Crippen LogP contribution in [-0.4, -0.2) is 67.2 Å². The normalized spacial score (nSPS) is 10.8. The van der Waals surface area contributed by atoms with Crippen LogP contribution in [0.3, 0.4) is 0 Å². The van der Waals surface area contributed by atoms with Crippen molar-refractivity contribution in [1.82, 2.24) is 15.5 Å². The van der Waals surface area contributed by atoms with Crippen LogP contribution in [0.2, 0.25) is 0 Å². The summed E-state index contributed by atoms with van der Waals surface area (Å²) in [5.41, 5.74) is -0.567. The minimum atomic E-state index is -0.567. The van der Waals surface area contributed by atoms with E-state index in [-0.39, 0.29) is 31.3 Å². The number of alkyl carbamates (subject to hydrolysis) is 1. The topological polar surface area (TPSA) is 114 Å². The number of esters is 1. The summed E-state index contributed by atoms with van der Waals surface area (Å²) in [6.45, 7) is 10.9. The Bertz CT molecular complexity index is 531. The summed E-state index contributed by atoms with van der Waals surface area (Å²) in [7, 11) is 0. The first-order valence-corrected chi connectivity index (χ1v) is 10.3. The largest absolute Gasteiger partial charge is 0.466 e. The van der Waals surface area contributed by atoms with Gasteiger partial charge in [0.1, 0.15) is 5.60 Å². The number of rotatable bonds is 13. The van der Waals surface area contributed by atoms with Gasteiger partial charge in [0, 0.05) is 39.0 Å². The Labute approximate surface area is 173 Å². The van der Waals surface area contributed by atoms with Gasteiger partial charge in [0.2, 0.25) is 11.8 Å². The van der Waals surface area contributed by atoms with Gasteiger partial charge in [0.05, 0.1) is 13.0 Å². The molecular weight excluding hydrogens is 378 g/mol. The number of nitrogens with zero attached hydrogens (tertiary/aromatic N) is 1. The van der Waals surface area contributed by atoms with Crippen LogP contribution in [0.15, 0.2) is 0 Å². The lowest BCUT2D eigenvalue weighted by Crippen LogP contribution is -2.37. The van der Waals surface area contributed by atoms with Crippen LogP contribution < -0.4 is 10.6 Å². The highest BCUT2D eigenvalue weighted by molar-refractivity contribution is 5.81. The van der Waals surface area contributed by atoms with E-state index in [2.05, 4.69) is 10.6 Å². The van der Waals surface area contributed by atoms with Crippen LogP contribution in [0, 0.1) is 0 Å². The molecule has 0 aromatic rings. The molecule has 2 N–H and O–H groups in total. The lowest BCUT2D eigenvalue weighted by Gasteiger charge is -2.23. The SMILES string of the molecule is CCOC(=O)CCC(=O)N(CCCNC(=O)CC)CCCNC(=O)OC(C)(C)C. The van der Waals surface area contributed by atoms with Crippen LogP contribution in [0.4, 0.5) is 4.79 Å². The second-order valence-corrected chi connectivity index (χ2v) is 7.53. The summed E-state index contributed by atoms with van der Waals surface area (Å²) in [4.78, 5) is 48.6. The molecule has 29 heavy (non-hydrogen) atoms. The zero-order valence-corrected chi connectivity index (χ0v) is 18.5. The van der Waals surface area contributed by atoms with Crippen LogP contribution >= 0.6 is 0 Å². The van der Waals surface area contributed by atoms with E-state index in [0.29, 0.717) is 45.4 Å². The molecule has 0 rings (SSSR count). The van der Waals surface area contributed by atoms with E-state index in [4.69, 9.17) is 9.47 Å². The van der Waals surface area contributed by atoms with E-state index in [0.717, 1.165) is 0 Å². The molecule has 0 aliphatic rings. The summed E-state index contributed by atoms with van der Waals surface area (Å²) in [5.74, 6) is -0.591. The van der Waals surface area contributed by atoms with E-state index < -0.39 is 17.7 Å². The summed E-state index contributed by atoms with van der Waals surface area (Å²) in [6.07, 6.45) is 1.17. The first-order chi connectivity index (χ1) is 13.6. The lowest BCUT2D eigenvalue weighted by atomic mass is 10.2. The fourth-order valence-electron chi connectivity index (χ4n) is 2.36. The molecule has 0 aromatic heterocycles. The minimum absolute atomic E-state index is 0.0336. The number of ether oxygens (including phenoxy) is 2. The molecule has 0 radical (unpaired) electrons. The predicted molar refractivity (Wildman–Crippen MR) is 109 cm³/mol. The lowest BCUT2D eigenvalue weighted by molar-refractivity contribution is -0.145. The summed E-state index contributed by atoms with van der Waals surface area (Å²) in [5, 5.41) is 5.43. The van der Waals surface area contributed by atoms with Crippen molar-refractivity contribution in [2.45, 2.75) is 72.3 Å². The molecule has 9 nitrogen and oxygen atoms in total. The number of nitrogens with one attached hydrogen (secondary N) is 2. The highest BCUT2D eigenvalue weighted by Gasteiger charge is 2.17. The summed E-state index contributed by atoms with van der Waals surface area (Å²) >= 11 is 0. The average molecular weight is 416 g/mol. The van der Waals surface area contributed by atoms with Gasteiger partial charge in [-0.05, 0) is 40.5 Å². The Morgan fingerprint density at radius 2 is 1.48 bits per heavy atom. The molecule has 0 fully saturated rings. The smallest absolute Gasteiger partial charge is 0.407 e. The van der Waals surface area contributed by atoms with Crippen molar-refractivity contribution in [3.63, 3.8) is 0 Å². The zero-order chi connectivity index (χ0) is 22.3. The van der Waals surface area contributed by atoms with Crippen LogP contribution in [-0.2, 0) is 23.9 Å². The van der Waals surface area contributed by atoms with Crippen molar-refractivity contribution in [2.75, 3.05) is 32.8 Å². The molecule has 0 aliphatic carbocycles. The molecule has 0 bridgehead atoms. The fourth-order valence-corrected chi connectivity index (χ4v) is 2.36. The zero-order valence-electron chi connectivity index (χ0n) is 18.5. The molecule has 0 heterocycles. The highest BCUT2D eigenvalue weighted by Crippen LogP contribution is 2.06. The third kappa shape index (κ3) is 15.3. The molecule has 0 saturated carbocycles. The van der Waals surface area contributed by atoms with Gasteiger partial charge in [-0.25, -0.2) is 4.79 Å². The van der Waals surface area contributed by atoms with Crippen molar-refractivity contribution in [2.24, 2.45) is 0 Å². The molecule has 0 atom stereocenters. The van der Waals surface area contributed by atoms with Gasteiger partial charge >= 0.3 is 12.1 Å². The Morgan fingerprint density at radius 3 is 2.00 bits per heavy atom. The second kappa shape index (κ2) is 14.6. The molecule has 0 aromatic carbocycles. The molecule has 3 amide bonds. The Hall–Kier alpha value is -2.32. The maximum Gasteiger partial charge on any atom is 0.407 e. The van der Waals surface area contributed by atoms with Crippen molar-refractivity contribution >= 4 is 23.9 Å². The number of carbonyl (C=O) groups excluding carboxylic acids is 4. The quantitative estimate of drug-likeness (QED) is 0.351. The standard InChI is InChI=1S/C20H37N3O6/c1-6-16(24)21-12-8-14-23(17(25)10-11-18(26)28-7-2)15-9-13-22-19(27)29-20(3,4)5/h6-15H2,1-5H3,(H,21,24)(H,22,27). The van der Waals surface area contributed by atoms with E-state index in [1.54, 1.807) is 39.5 Å². The van der Waals surface area contributed by atoms with Crippen LogP contribution in [0.1, 0.15) is 66.7 Å². The van der Waals surface area contributed by atoms with E-state index in [1.807, 2.05) is 0 Å². The van der Waals surface area contributed by atoms with E-state index in [9.17, 15) is 19.2 Å².